The van der Waals surface area contributed by atoms with Crippen LogP contribution in [0.4, 0.5) is 0 Å². The fourth-order valence-corrected chi connectivity index (χ4v) is 2.20. The first-order valence-electron chi connectivity index (χ1n) is 5.48. The minimum absolute atomic E-state index is 0.117. The molecule has 102 valence electrons. The van der Waals surface area contributed by atoms with Crippen molar-refractivity contribution in [3.8, 4) is 6.07 Å². The Balaban J connectivity index is 2.63. The quantitative estimate of drug-likeness (QED) is 0.379. The fraction of sp³-hybridized carbons (Fsp3) is 0.167. The normalized spacial score (nSPS) is 10.2. The number of esters is 1. The summed E-state index contributed by atoms with van der Waals surface area (Å²) < 4.78 is 5.50. The number of carbonyl (C=O) groups is 1. The van der Waals surface area contributed by atoms with E-state index < -0.39 is 11.5 Å². The molecule has 1 aromatic carbocycles. The van der Waals surface area contributed by atoms with Crippen molar-refractivity contribution in [2.45, 2.75) is 5.16 Å². The average molecular weight is 290 g/mol. The number of aromatic nitrogens is 2. The van der Waals surface area contributed by atoms with Gasteiger partial charge in [0.05, 0.1) is 35.4 Å². The molecule has 1 heterocycles. The van der Waals surface area contributed by atoms with E-state index in [9.17, 15) is 9.59 Å². The van der Waals surface area contributed by atoms with E-state index in [1.807, 2.05) is 6.07 Å². The maximum atomic E-state index is 12.0. The van der Waals surface area contributed by atoms with Crippen LogP contribution < -0.4 is 11.4 Å². The fourth-order valence-electron chi connectivity index (χ4n) is 1.62. The zero-order valence-corrected chi connectivity index (χ0v) is 11.3. The summed E-state index contributed by atoms with van der Waals surface area (Å²) in [6.45, 7) is 0. The molecule has 2 aromatic rings. The minimum atomic E-state index is -0.517. The van der Waals surface area contributed by atoms with E-state index in [-0.39, 0.29) is 16.5 Å². The van der Waals surface area contributed by atoms with E-state index in [1.165, 1.54) is 25.3 Å². The highest BCUT2D eigenvalue weighted by molar-refractivity contribution is 7.99. The predicted molar refractivity (Wildman–Crippen MR) is 73.8 cm³/mol. The van der Waals surface area contributed by atoms with E-state index in [0.717, 1.165) is 16.4 Å². The van der Waals surface area contributed by atoms with Crippen LogP contribution >= 0.6 is 11.8 Å². The summed E-state index contributed by atoms with van der Waals surface area (Å²) in [6, 6.07) is 6.33. The smallest absolute Gasteiger partial charge is 0.337 e. The zero-order valence-electron chi connectivity index (χ0n) is 10.5. The summed E-state index contributed by atoms with van der Waals surface area (Å²) in [5.74, 6) is 5.23. The van der Waals surface area contributed by atoms with Crippen LogP contribution in [0.1, 0.15) is 10.4 Å². The average Bonchev–Trinajstić information content (AvgIpc) is 2.48. The third kappa shape index (κ3) is 2.44. The molecule has 0 saturated heterocycles. The molecule has 20 heavy (non-hydrogen) atoms. The third-order valence-electron chi connectivity index (χ3n) is 2.56. The molecule has 0 aliphatic heterocycles. The lowest BCUT2D eigenvalue weighted by molar-refractivity contribution is 0.0601. The molecule has 2 N–H and O–H groups in total. The summed E-state index contributed by atoms with van der Waals surface area (Å²) in [7, 11) is 1.27. The molecule has 0 fully saturated rings. The first-order chi connectivity index (χ1) is 9.58. The highest BCUT2D eigenvalue weighted by Crippen LogP contribution is 2.17. The van der Waals surface area contributed by atoms with E-state index >= 15 is 0 Å². The number of ether oxygens (including phenoxy) is 1. The SMILES string of the molecule is COC(=O)c1ccc2c(=O)n(N)c(SCC#N)nc2c1. The van der Waals surface area contributed by atoms with Gasteiger partial charge in [-0.3, -0.25) is 4.79 Å². The number of nitrogens with zero attached hydrogens (tertiary/aromatic N) is 3. The Labute approximate surface area is 117 Å². The van der Waals surface area contributed by atoms with Crippen LogP contribution in [0.5, 0.6) is 0 Å². The first-order valence-corrected chi connectivity index (χ1v) is 6.47. The summed E-state index contributed by atoms with van der Waals surface area (Å²) in [5.41, 5.74) is 0.185. The number of hydrogen-bond donors (Lipinski definition) is 1. The molecule has 0 saturated carbocycles. The number of thioether (sulfide) groups is 1. The summed E-state index contributed by atoms with van der Waals surface area (Å²) >= 11 is 1.05. The van der Waals surface area contributed by atoms with E-state index in [0.29, 0.717) is 10.9 Å². The molecule has 0 atom stereocenters. The molecule has 0 amide bonds. The monoisotopic (exact) mass is 290 g/mol. The van der Waals surface area contributed by atoms with Crippen LogP contribution in [-0.2, 0) is 4.74 Å². The zero-order chi connectivity index (χ0) is 14.7. The van der Waals surface area contributed by atoms with E-state index in [4.69, 9.17) is 11.1 Å². The number of nitriles is 1. The first kappa shape index (κ1) is 13.9. The van der Waals surface area contributed by atoms with Gasteiger partial charge in [-0.1, -0.05) is 11.8 Å². The number of rotatable bonds is 3. The van der Waals surface area contributed by atoms with Crippen LogP contribution in [0, 0.1) is 11.3 Å². The van der Waals surface area contributed by atoms with Gasteiger partial charge in [-0.2, -0.15) is 5.26 Å². The van der Waals surface area contributed by atoms with Crippen LogP contribution in [-0.4, -0.2) is 28.5 Å². The maximum absolute atomic E-state index is 12.0. The van der Waals surface area contributed by atoms with Crippen LogP contribution in [0.15, 0.2) is 28.2 Å². The third-order valence-corrected chi connectivity index (χ3v) is 3.38. The van der Waals surface area contributed by atoms with Crippen molar-refractivity contribution in [1.29, 1.82) is 5.26 Å². The number of carbonyl (C=O) groups excluding carboxylic acids is 1. The Kier molecular flexibility index (Phi) is 3.91. The molecule has 0 bridgehead atoms. The Morgan fingerprint density at radius 2 is 2.35 bits per heavy atom. The second-order valence-electron chi connectivity index (χ2n) is 3.74. The standard InChI is InChI=1S/C12H10N4O3S/c1-19-11(18)7-2-3-8-9(6-7)15-12(20-5-4-13)16(14)10(8)17/h2-3,6H,5,14H2,1H3. The van der Waals surface area contributed by atoms with Crippen molar-refractivity contribution in [3.63, 3.8) is 0 Å². The molecule has 0 unspecified atom stereocenters. The van der Waals surface area contributed by atoms with Gasteiger partial charge in [0.15, 0.2) is 5.16 Å². The molecule has 0 spiro atoms. The van der Waals surface area contributed by atoms with Gasteiger partial charge < -0.3 is 10.6 Å². The van der Waals surface area contributed by atoms with Gasteiger partial charge in [0.25, 0.3) is 5.56 Å². The molecule has 2 rings (SSSR count). The van der Waals surface area contributed by atoms with Gasteiger partial charge in [-0.25, -0.2) is 14.5 Å². The molecule has 1 aromatic heterocycles. The van der Waals surface area contributed by atoms with Crippen molar-refractivity contribution in [2.24, 2.45) is 0 Å². The molecule has 7 nitrogen and oxygen atoms in total. The van der Waals surface area contributed by atoms with Crippen molar-refractivity contribution < 1.29 is 9.53 Å². The number of hydrogen-bond acceptors (Lipinski definition) is 7. The minimum Gasteiger partial charge on any atom is -0.465 e. The number of benzene rings is 1. The summed E-state index contributed by atoms with van der Waals surface area (Å²) in [5, 5.41) is 9.07. The predicted octanol–water partition coefficient (Wildman–Crippen LogP) is 0.513. The van der Waals surface area contributed by atoms with Crippen molar-refractivity contribution in [2.75, 3.05) is 18.7 Å². The van der Waals surface area contributed by atoms with Crippen LogP contribution in [0.2, 0.25) is 0 Å². The Bertz CT molecular complexity index is 779. The lowest BCUT2D eigenvalue weighted by Crippen LogP contribution is -2.29. The molecule has 0 aliphatic carbocycles. The topological polar surface area (TPSA) is 111 Å². The lowest BCUT2D eigenvalue weighted by Gasteiger charge is -2.07. The Hall–Kier alpha value is -2.53. The number of nitrogen functional groups attached to an aromatic ring is 1. The van der Waals surface area contributed by atoms with Crippen molar-refractivity contribution in [1.82, 2.24) is 9.66 Å². The van der Waals surface area contributed by atoms with Crippen LogP contribution in [0.25, 0.3) is 10.9 Å². The number of fused-ring (bicyclic) bond motifs is 1. The van der Waals surface area contributed by atoms with Gasteiger partial charge >= 0.3 is 5.97 Å². The summed E-state index contributed by atoms with van der Waals surface area (Å²) in [4.78, 5) is 27.7. The van der Waals surface area contributed by atoms with E-state index in [1.54, 1.807) is 0 Å². The molecular weight excluding hydrogens is 280 g/mol. The highest BCUT2D eigenvalue weighted by Gasteiger charge is 2.12. The number of methoxy groups -OCH3 is 1. The largest absolute Gasteiger partial charge is 0.465 e. The van der Waals surface area contributed by atoms with E-state index in [2.05, 4.69) is 9.72 Å². The van der Waals surface area contributed by atoms with Gasteiger partial charge in [-0.15, -0.1) is 0 Å². The Morgan fingerprint density at radius 3 is 3.00 bits per heavy atom. The molecule has 0 aliphatic rings. The van der Waals surface area contributed by atoms with Crippen LogP contribution in [0.3, 0.4) is 0 Å². The second-order valence-corrected chi connectivity index (χ2v) is 4.68. The Morgan fingerprint density at radius 1 is 1.60 bits per heavy atom. The highest BCUT2D eigenvalue weighted by atomic mass is 32.2. The van der Waals surface area contributed by atoms with Gasteiger partial charge in [0.1, 0.15) is 0 Å². The van der Waals surface area contributed by atoms with Gasteiger partial charge in [0, 0.05) is 0 Å². The summed E-state index contributed by atoms with van der Waals surface area (Å²) in [6.07, 6.45) is 0. The van der Waals surface area contributed by atoms with Crippen molar-refractivity contribution in [3.05, 3.63) is 34.1 Å². The maximum Gasteiger partial charge on any atom is 0.337 e. The molecule has 0 radical (unpaired) electrons. The van der Waals surface area contributed by atoms with Gasteiger partial charge in [-0.05, 0) is 18.2 Å². The second kappa shape index (κ2) is 5.63. The van der Waals surface area contributed by atoms with Gasteiger partial charge in [0.2, 0.25) is 0 Å². The molecule has 8 heteroatoms. The molecular formula is C12H10N4O3S. The number of nitrogens with two attached hydrogens (primary N) is 1. The lowest BCUT2D eigenvalue weighted by atomic mass is 10.1. The van der Waals surface area contributed by atoms with Crippen molar-refractivity contribution >= 4 is 28.6 Å².